The van der Waals surface area contributed by atoms with E-state index in [-0.39, 0.29) is 0 Å². The molecule has 1 aromatic carbocycles. The molecule has 0 bridgehead atoms. The second kappa shape index (κ2) is 7.90. The molecular formula is C15H24N2O. The number of benzene rings is 1. The molecule has 0 aliphatic rings. The van der Waals surface area contributed by atoms with E-state index >= 15 is 0 Å². The molecule has 1 rings (SSSR count). The standard InChI is InChI=1S/C15H24N2O/c1-13(17(2)11-7-6-10-16)12-14-8-4-5-9-15(14)18-3/h4-9,13H,10-12,16H2,1-3H3. The quantitative estimate of drug-likeness (QED) is 0.751. The molecule has 0 saturated carbocycles. The van der Waals surface area contributed by atoms with E-state index in [1.165, 1.54) is 5.56 Å². The van der Waals surface area contributed by atoms with Gasteiger partial charge in [0.25, 0.3) is 0 Å². The molecule has 0 aliphatic carbocycles. The minimum absolute atomic E-state index is 0.462. The maximum Gasteiger partial charge on any atom is 0.122 e. The Hall–Kier alpha value is -1.32. The van der Waals surface area contributed by atoms with Crippen molar-refractivity contribution >= 4 is 0 Å². The molecule has 1 atom stereocenters. The first-order valence-corrected chi connectivity index (χ1v) is 6.36. The molecule has 0 spiro atoms. The van der Waals surface area contributed by atoms with Crippen LogP contribution in [0.5, 0.6) is 5.75 Å². The van der Waals surface area contributed by atoms with Gasteiger partial charge < -0.3 is 10.5 Å². The molecule has 18 heavy (non-hydrogen) atoms. The number of hydrogen-bond donors (Lipinski definition) is 1. The van der Waals surface area contributed by atoms with Gasteiger partial charge in [0.2, 0.25) is 0 Å². The maximum absolute atomic E-state index is 5.43. The fraction of sp³-hybridized carbons (Fsp3) is 0.467. The number of nitrogens with zero attached hydrogens (tertiary/aromatic N) is 1. The number of hydrogen-bond acceptors (Lipinski definition) is 3. The molecule has 1 aromatic rings. The van der Waals surface area contributed by atoms with Gasteiger partial charge in [-0.2, -0.15) is 0 Å². The number of ether oxygens (including phenoxy) is 1. The van der Waals surface area contributed by atoms with Crippen molar-refractivity contribution in [2.24, 2.45) is 5.73 Å². The zero-order valence-electron chi connectivity index (χ0n) is 11.6. The number of methoxy groups -OCH3 is 1. The first-order valence-electron chi connectivity index (χ1n) is 6.36. The topological polar surface area (TPSA) is 38.5 Å². The minimum Gasteiger partial charge on any atom is -0.496 e. The Balaban J connectivity index is 2.57. The largest absolute Gasteiger partial charge is 0.496 e. The van der Waals surface area contributed by atoms with Gasteiger partial charge in [-0.05, 0) is 32.0 Å². The van der Waals surface area contributed by atoms with Crippen molar-refractivity contribution in [2.45, 2.75) is 19.4 Å². The molecule has 0 radical (unpaired) electrons. The Kier molecular flexibility index (Phi) is 6.47. The van der Waals surface area contributed by atoms with Crippen LogP contribution in [0, 0.1) is 0 Å². The van der Waals surface area contributed by atoms with Gasteiger partial charge in [-0.1, -0.05) is 30.4 Å². The van der Waals surface area contributed by atoms with Crippen LogP contribution in [0.25, 0.3) is 0 Å². The zero-order chi connectivity index (χ0) is 13.4. The summed E-state index contributed by atoms with van der Waals surface area (Å²) in [6, 6.07) is 8.65. The van der Waals surface area contributed by atoms with E-state index in [4.69, 9.17) is 10.5 Å². The molecule has 0 aromatic heterocycles. The Morgan fingerprint density at radius 1 is 1.33 bits per heavy atom. The van der Waals surface area contributed by atoms with Crippen LogP contribution in [0.2, 0.25) is 0 Å². The average Bonchev–Trinajstić information content (AvgIpc) is 2.39. The van der Waals surface area contributed by atoms with E-state index in [1.807, 2.05) is 18.2 Å². The van der Waals surface area contributed by atoms with Crippen LogP contribution in [0.1, 0.15) is 12.5 Å². The number of para-hydroxylation sites is 1. The molecule has 0 aliphatic heterocycles. The van der Waals surface area contributed by atoms with Crippen molar-refractivity contribution in [3.63, 3.8) is 0 Å². The summed E-state index contributed by atoms with van der Waals surface area (Å²) in [7, 11) is 3.85. The van der Waals surface area contributed by atoms with Crippen molar-refractivity contribution in [1.82, 2.24) is 4.90 Å². The highest BCUT2D eigenvalue weighted by molar-refractivity contribution is 5.33. The fourth-order valence-corrected chi connectivity index (χ4v) is 1.86. The molecule has 0 saturated heterocycles. The van der Waals surface area contributed by atoms with Crippen LogP contribution in [0.3, 0.4) is 0 Å². The van der Waals surface area contributed by atoms with Crippen molar-refractivity contribution in [3.05, 3.63) is 42.0 Å². The molecule has 0 amide bonds. The Labute approximate surface area is 110 Å². The van der Waals surface area contributed by atoms with Crippen LogP contribution < -0.4 is 10.5 Å². The third-order valence-electron chi connectivity index (χ3n) is 3.16. The molecule has 2 N–H and O–H groups in total. The normalized spacial score (nSPS) is 13.2. The van der Waals surface area contributed by atoms with E-state index in [0.717, 1.165) is 18.7 Å². The van der Waals surface area contributed by atoms with Crippen molar-refractivity contribution in [2.75, 3.05) is 27.2 Å². The second-order valence-corrected chi connectivity index (χ2v) is 4.51. The molecule has 1 unspecified atom stereocenters. The predicted molar refractivity (Wildman–Crippen MR) is 77.0 cm³/mol. The monoisotopic (exact) mass is 248 g/mol. The highest BCUT2D eigenvalue weighted by atomic mass is 16.5. The number of likely N-dealkylation sites (N-methyl/N-ethyl adjacent to an activating group) is 1. The number of rotatable bonds is 7. The Morgan fingerprint density at radius 3 is 2.72 bits per heavy atom. The summed E-state index contributed by atoms with van der Waals surface area (Å²) in [6.45, 7) is 3.75. The summed E-state index contributed by atoms with van der Waals surface area (Å²) in [5.41, 5.74) is 6.68. The minimum atomic E-state index is 0.462. The van der Waals surface area contributed by atoms with Gasteiger partial charge in [0.05, 0.1) is 7.11 Å². The lowest BCUT2D eigenvalue weighted by Crippen LogP contribution is -2.31. The molecule has 100 valence electrons. The first-order chi connectivity index (χ1) is 8.69. The molecule has 0 heterocycles. The van der Waals surface area contributed by atoms with E-state index in [1.54, 1.807) is 7.11 Å². The molecule has 3 heteroatoms. The van der Waals surface area contributed by atoms with Gasteiger partial charge in [-0.25, -0.2) is 0 Å². The lowest BCUT2D eigenvalue weighted by atomic mass is 10.1. The molecule has 0 fully saturated rings. The summed E-state index contributed by atoms with van der Waals surface area (Å²) >= 11 is 0. The zero-order valence-corrected chi connectivity index (χ0v) is 11.6. The maximum atomic E-state index is 5.43. The van der Waals surface area contributed by atoms with Crippen LogP contribution >= 0.6 is 0 Å². The van der Waals surface area contributed by atoms with Crippen LogP contribution in [0.4, 0.5) is 0 Å². The van der Waals surface area contributed by atoms with Crippen molar-refractivity contribution < 1.29 is 4.74 Å². The Bertz CT molecular complexity index is 377. The summed E-state index contributed by atoms with van der Waals surface area (Å²) < 4.78 is 5.38. The number of nitrogens with two attached hydrogens (primary N) is 1. The highest BCUT2D eigenvalue weighted by Gasteiger charge is 2.11. The van der Waals surface area contributed by atoms with Crippen LogP contribution in [0.15, 0.2) is 36.4 Å². The van der Waals surface area contributed by atoms with Crippen molar-refractivity contribution in [3.8, 4) is 5.75 Å². The van der Waals surface area contributed by atoms with Gasteiger partial charge in [-0.15, -0.1) is 0 Å². The van der Waals surface area contributed by atoms with Gasteiger partial charge in [0.15, 0.2) is 0 Å². The van der Waals surface area contributed by atoms with Gasteiger partial charge in [0, 0.05) is 19.1 Å². The van der Waals surface area contributed by atoms with E-state index < -0.39 is 0 Å². The van der Waals surface area contributed by atoms with Gasteiger partial charge in [-0.3, -0.25) is 4.90 Å². The highest BCUT2D eigenvalue weighted by Crippen LogP contribution is 2.20. The SMILES string of the molecule is COc1ccccc1CC(C)N(C)CC=CCN. The summed E-state index contributed by atoms with van der Waals surface area (Å²) in [5.74, 6) is 0.968. The van der Waals surface area contributed by atoms with Crippen LogP contribution in [-0.2, 0) is 6.42 Å². The summed E-state index contributed by atoms with van der Waals surface area (Å²) in [5, 5.41) is 0. The average molecular weight is 248 g/mol. The van der Waals surface area contributed by atoms with Crippen LogP contribution in [-0.4, -0.2) is 38.2 Å². The van der Waals surface area contributed by atoms with E-state index in [0.29, 0.717) is 12.6 Å². The fourth-order valence-electron chi connectivity index (χ4n) is 1.86. The first kappa shape index (κ1) is 14.7. The smallest absolute Gasteiger partial charge is 0.122 e. The summed E-state index contributed by atoms with van der Waals surface area (Å²) in [4.78, 5) is 2.30. The molecule has 3 nitrogen and oxygen atoms in total. The third kappa shape index (κ3) is 4.51. The van der Waals surface area contributed by atoms with E-state index in [2.05, 4.69) is 37.1 Å². The Morgan fingerprint density at radius 2 is 2.06 bits per heavy atom. The molecular weight excluding hydrogens is 224 g/mol. The second-order valence-electron chi connectivity index (χ2n) is 4.51. The van der Waals surface area contributed by atoms with Gasteiger partial charge >= 0.3 is 0 Å². The lowest BCUT2D eigenvalue weighted by Gasteiger charge is -2.24. The third-order valence-corrected chi connectivity index (χ3v) is 3.16. The van der Waals surface area contributed by atoms with Gasteiger partial charge in [0.1, 0.15) is 5.75 Å². The van der Waals surface area contributed by atoms with E-state index in [9.17, 15) is 0 Å². The van der Waals surface area contributed by atoms with Crippen molar-refractivity contribution in [1.29, 1.82) is 0 Å². The predicted octanol–water partition coefficient (Wildman–Crippen LogP) is 2.07. The lowest BCUT2D eigenvalue weighted by molar-refractivity contribution is 0.280. The summed E-state index contributed by atoms with van der Waals surface area (Å²) in [6.07, 6.45) is 5.09.